The van der Waals surface area contributed by atoms with E-state index in [0.29, 0.717) is 6.61 Å². The predicted molar refractivity (Wildman–Crippen MR) is 43.2 cm³/mol. The van der Waals surface area contributed by atoms with E-state index in [0.717, 1.165) is 19.4 Å². The van der Waals surface area contributed by atoms with Crippen molar-refractivity contribution in [1.82, 2.24) is 0 Å². The summed E-state index contributed by atoms with van der Waals surface area (Å²) in [6.07, 6.45) is 2.32. The minimum atomic E-state index is 0.0907. The van der Waals surface area contributed by atoms with Crippen molar-refractivity contribution >= 4 is 5.84 Å². The molecule has 0 aromatic carbocycles. The van der Waals surface area contributed by atoms with Gasteiger partial charge < -0.3 is 20.4 Å². The summed E-state index contributed by atoms with van der Waals surface area (Å²) in [6.45, 7) is 1.50. The van der Waals surface area contributed by atoms with Gasteiger partial charge in [0.25, 0.3) is 0 Å². The van der Waals surface area contributed by atoms with Crippen LogP contribution in [0.4, 0.5) is 0 Å². The van der Waals surface area contributed by atoms with Crippen LogP contribution in [0.25, 0.3) is 0 Å². The van der Waals surface area contributed by atoms with E-state index in [1.807, 2.05) is 0 Å². The largest absolute Gasteiger partial charge is 0.409 e. The average molecular weight is 174 g/mol. The fourth-order valence-corrected chi connectivity index (χ4v) is 1.10. The fraction of sp³-hybridized carbons (Fsp3) is 0.857. The Kier molecular flexibility index (Phi) is 3.83. The first-order valence-corrected chi connectivity index (χ1v) is 3.98. The van der Waals surface area contributed by atoms with Crippen LogP contribution in [0, 0.1) is 0 Å². The molecule has 0 aromatic rings. The van der Waals surface area contributed by atoms with Gasteiger partial charge in [-0.2, -0.15) is 0 Å². The van der Waals surface area contributed by atoms with Crippen molar-refractivity contribution in [2.45, 2.75) is 18.9 Å². The normalized spacial score (nSPS) is 24.7. The summed E-state index contributed by atoms with van der Waals surface area (Å²) >= 11 is 0. The highest BCUT2D eigenvalue weighted by Gasteiger charge is 2.15. The second-order valence-electron chi connectivity index (χ2n) is 2.74. The van der Waals surface area contributed by atoms with E-state index in [9.17, 15) is 0 Å². The smallest absolute Gasteiger partial charge is 0.165 e. The fourth-order valence-electron chi connectivity index (χ4n) is 1.10. The molecule has 0 saturated carbocycles. The van der Waals surface area contributed by atoms with Gasteiger partial charge in [-0.15, -0.1) is 0 Å². The lowest BCUT2D eigenvalue weighted by atomic mass is 10.2. The van der Waals surface area contributed by atoms with E-state index in [1.54, 1.807) is 0 Å². The maximum atomic E-state index is 8.18. The van der Waals surface area contributed by atoms with E-state index >= 15 is 0 Å². The Morgan fingerprint density at radius 3 is 3.17 bits per heavy atom. The Labute approximate surface area is 71.1 Å². The molecule has 0 amide bonds. The van der Waals surface area contributed by atoms with Gasteiger partial charge in [0, 0.05) is 6.61 Å². The summed E-state index contributed by atoms with van der Waals surface area (Å²) in [5, 5.41) is 11.0. The number of nitrogens with two attached hydrogens (primary N) is 1. The van der Waals surface area contributed by atoms with Crippen LogP contribution in [0.1, 0.15) is 12.8 Å². The molecule has 1 rings (SSSR count). The van der Waals surface area contributed by atoms with Gasteiger partial charge in [-0.1, -0.05) is 5.16 Å². The molecule has 1 aliphatic rings. The molecule has 1 aliphatic heterocycles. The molecule has 0 spiro atoms. The van der Waals surface area contributed by atoms with Gasteiger partial charge in [0.2, 0.25) is 0 Å². The Morgan fingerprint density at radius 2 is 2.58 bits per heavy atom. The average Bonchev–Trinajstić information content (AvgIpc) is 2.57. The molecule has 1 fully saturated rings. The van der Waals surface area contributed by atoms with Crippen molar-refractivity contribution in [3.8, 4) is 0 Å². The van der Waals surface area contributed by atoms with Crippen LogP contribution < -0.4 is 5.73 Å². The summed E-state index contributed by atoms with van der Waals surface area (Å²) in [6, 6.07) is 0. The van der Waals surface area contributed by atoms with Crippen molar-refractivity contribution in [3.63, 3.8) is 0 Å². The third-order valence-corrected chi connectivity index (χ3v) is 1.71. The highest BCUT2D eigenvalue weighted by molar-refractivity contribution is 5.80. The molecule has 0 aliphatic carbocycles. The van der Waals surface area contributed by atoms with Crippen LogP contribution >= 0.6 is 0 Å². The summed E-state index contributed by atoms with van der Waals surface area (Å²) in [4.78, 5) is 0. The zero-order valence-electron chi connectivity index (χ0n) is 6.90. The van der Waals surface area contributed by atoms with Gasteiger partial charge in [-0.25, -0.2) is 0 Å². The van der Waals surface area contributed by atoms with Crippen molar-refractivity contribution in [1.29, 1.82) is 0 Å². The van der Waals surface area contributed by atoms with E-state index in [-0.39, 0.29) is 18.5 Å². The number of ether oxygens (including phenoxy) is 2. The molecule has 5 nitrogen and oxygen atoms in total. The second-order valence-corrected chi connectivity index (χ2v) is 2.74. The number of hydrogen-bond donors (Lipinski definition) is 2. The summed E-state index contributed by atoms with van der Waals surface area (Å²) in [7, 11) is 0. The standard InChI is InChI=1S/C7H14N2O3/c8-7(9-10)5-11-4-6-2-1-3-12-6/h6,10H,1-5H2,(H2,8,9)/t6-/m0/s1. The number of amidine groups is 1. The minimum Gasteiger partial charge on any atom is -0.409 e. The van der Waals surface area contributed by atoms with Crippen molar-refractivity contribution in [2.75, 3.05) is 19.8 Å². The van der Waals surface area contributed by atoms with Crippen LogP contribution in [0.2, 0.25) is 0 Å². The van der Waals surface area contributed by atoms with Crippen LogP contribution in [0.5, 0.6) is 0 Å². The van der Waals surface area contributed by atoms with E-state index < -0.39 is 0 Å². The van der Waals surface area contributed by atoms with E-state index in [1.165, 1.54) is 0 Å². The molecule has 0 unspecified atom stereocenters. The van der Waals surface area contributed by atoms with Crippen molar-refractivity contribution in [2.24, 2.45) is 10.9 Å². The van der Waals surface area contributed by atoms with Gasteiger partial charge in [0.05, 0.1) is 12.7 Å². The summed E-state index contributed by atoms with van der Waals surface area (Å²) in [5.41, 5.74) is 5.19. The Balaban J connectivity index is 2.01. The SMILES string of the molecule is N/C(COC[C@@H]1CCCO1)=N/O. The molecule has 12 heavy (non-hydrogen) atoms. The lowest BCUT2D eigenvalue weighted by Gasteiger charge is -2.08. The zero-order chi connectivity index (χ0) is 8.81. The van der Waals surface area contributed by atoms with Gasteiger partial charge in [0.15, 0.2) is 5.84 Å². The second kappa shape index (κ2) is 4.95. The number of rotatable bonds is 4. The summed E-state index contributed by atoms with van der Waals surface area (Å²) in [5.74, 6) is 0.0907. The topological polar surface area (TPSA) is 77.1 Å². The molecule has 5 heteroatoms. The molecule has 1 atom stereocenters. The zero-order valence-corrected chi connectivity index (χ0v) is 6.90. The first-order chi connectivity index (χ1) is 5.83. The predicted octanol–water partition coefficient (Wildman–Crippen LogP) is -0.0716. The van der Waals surface area contributed by atoms with Gasteiger partial charge in [-0.05, 0) is 12.8 Å². The molecular weight excluding hydrogens is 160 g/mol. The molecule has 1 heterocycles. The summed E-state index contributed by atoms with van der Waals surface area (Å²) < 4.78 is 10.4. The Bertz CT molecular complexity index is 155. The quantitative estimate of drug-likeness (QED) is 0.270. The first kappa shape index (κ1) is 9.28. The lowest BCUT2D eigenvalue weighted by Crippen LogP contribution is -2.23. The molecular formula is C7H14N2O3. The maximum absolute atomic E-state index is 8.18. The minimum absolute atomic E-state index is 0.0907. The van der Waals surface area contributed by atoms with E-state index in [4.69, 9.17) is 20.4 Å². The first-order valence-electron chi connectivity index (χ1n) is 3.98. The maximum Gasteiger partial charge on any atom is 0.165 e. The highest BCUT2D eigenvalue weighted by atomic mass is 16.5. The number of oxime groups is 1. The Hall–Kier alpha value is -0.810. The molecule has 70 valence electrons. The third kappa shape index (κ3) is 3.06. The Morgan fingerprint density at radius 1 is 1.75 bits per heavy atom. The van der Waals surface area contributed by atoms with Gasteiger partial charge >= 0.3 is 0 Å². The van der Waals surface area contributed by atoms with Gasteiger partial charge in [-0.3, -0.25) is 0 Å². The number of nitrogens with zero attached hydrogens (tertiary/aromatic N) is 1. The molecule has 1 saturated heterocycles. The number of hydrogen-bond acceptors (Lipinski definition) is 4. The van der Waals surface area contributed by atoms with Crippen molar-refractivity contribution in [3.05, 3.63) is 0 Å². The van der Waals surface area contributed by atoms with Crippen LogP contribution in [-0.2, 0) is 9.47 Å². The van der Waals surface area contributed by atoms with Gasteiger partial charge in [0.1, 0.15) is 6.61 Å². The van der Waals surface area contributed by atoms with E-state index in [2.05, 4.69) is 5.16 Å². The third-order valence-electron chi connectivity index (χ3n) is 1.71. The molecule has 3 N–H and O–H groups in total. The van der Waals surface area contributed by atoms with Crippen LogP contribution in [0.15, 0.2) is 5.16 Å². The lowest BCUT2D eigenvalue weighted by molar-refractivity contribution is 0.0291. The van der Waals surface area contributed by atoms with Crippen LogP contribution in [-0.4, -0.2) is 37.0 Å². The highest BCUT2D eigenvalue weighted by Crippen LogP contribution is 2.11. The monoisotopic (exact) mass is 174 g/mol. The van der Waals surface area contributed by atoms with Crippen LogP contribution in [0.3, 0.4) is 0 Å². The molecule has 0 aromatic heterocycles. The molecule has 0 radical (unpaired) electrons. The molecule has 0 bridgehead atoms. The van der Waals surface area contributed by atoms with Crippen molar-refractivity contribution < 1.29 is 14.7 Å².